The van der Waals surface area contributed by atoms with Gasteiger partial charge in [-0.15, -0.1) is 17.5 Å². The van der Waals surface area contributed by atoms with Crippen molar-refractivity contribution in [1.29, 1.82) is 0 Å². The first-order valence-electron chi connectivity index (χ1n) is 4.05. The van der Waals surface area contributed by atoms with Gasteiger partial charge in [0.2, 0.25) is 0 Å². The van der Waals surface area contributed by atoms with Gasteiger partial charge in [-0.1, -0.05) is 35.2 Å². The molecule has 2 heteroatoms. The zero-order chi connectivity index (χ0) is 7.97. The van der Waals surface area contributed by atoms with Crippen LogP contribution in [0.3, 0.4) is 0 Å². The van der Waals surface area contributed by atoms with Crippen LogP contribution >= 0.6 is 0 Å². The molecule has 0 aromatic carbocycles. The Hall–Kier alpha value is -1.53. The van der Waals surface area contributed by atoms with E-state index in [9.17, 15) is 0 Å². The highest BCUT2D eigenvalue weighted by molar-refractivity contribution is 6.94. The minimum absolute atomic E-state index is 0.228. The molecule has 0 aliphatic carbocycles. The molecule has 0 N–H and O–H groups in total. The van der Waals surface area contributed by atoms with Gasteiger partial charge in [-0.05, 0) is 0 Å². The Balaban J connectivity index is 1.85. The first kappa shape index (κ1) is 6.04. The quantitative estimate of drug-likeness (QED) is 0.347. The molecule has 0 saturated carbocycles. The summed E-state index contributed by atoms with van der Waals surface area (Å²) in [6.07, 6.45) is 8.57. The molecule has 0 amide bonds. The van der Waals surface area contributed by atoms with Gasteiger partial charge < -0.3 is 0 Å². The zero-order valence-electron chi connectivity index (χ0n) is 6.46. The Morgan fingerprint density at radius 2 is 1.67 bits per heavy atom. The van der Waals surface area contributed by atoms with Crippen LogP contribution in [0.5, 0.6) is 0 Å². The van der Waals surface area contributed by atoms with E-state index in [2.05, 4.69) is 47.6 Å². The Labute approximate surface area is 72.6 Å². The molecule has 0 nitrogen and oxygen atoms in total. The Kier molecular flexibility index (Phi) is 1.00. The van der Waals surface area contributed by atoms with Crippen LogP contribution in [0.2, 0.25) is 0 Å². The van der Waals surface area contributed by atoms with Gasteiger partial charge >= 0.3 is 6.71 Å². The third-order valence-corrected chi connectivity index (χ3v) is 2.26. The lowest BCUT2D eigenvalue weighted by Crippen LogP contribution is -2.09. The summed E-state index contributed by atoms with van der Waals surface area (Å²) in [5, 5.41) is 0. The fourth-order valence-electron chi connectivity index (χ4n) is 1.52. The maximum Gasteiger partial charge on any atom is 0.392 e. The van der Waals surface area contributed by atoms with Crippen LogP contribution in [0.1, 0.15) is 0 Å². The van der Waals surface area contributed by atoms with Crippen molar-refractivity contribution in [2.75, 3.05) is 0 Å². The topological polar surface area (TPSA) is 0 Å². The third-order valence-electron chi connectivity index (χ3n) is 2.26. The molecule has 3 aliphatic rings. The van der Waals surface area contributed by atoms with E-state index in [0.717, 1.165) is 0 Å². The Bertz CT molecular complexity index is 428. The van der Waals surface area contributed by atoms with E-state index in [1.807, 2.05) is 0 Å². The van der Waals surface area contributed by atoms with Crippen LogP contribution in [0.4, 0.5) is 0 Å². The average Bonchev–Trinajstić information content (AvgIpc) is 2.78. The number of rotatable bonds is 0. The Morgan fingerprint density at radius 1 is 1.00 bits per heavy atom. The molecular weight excluding hydrogens is 142 g/mol. The number of fused-ring (bicyclic) bond motifs is 2. The van der Waals surface area contributed by atoms with E-state index in [0.29, 0.717) is 6.71 Å². The van der Waals surface area contributed by atoms with Crippen molar-refractivity contribution >= 4 is 13.4 Å². The van der Waals surface area contributed by atoms with Gasteiger partial charge in [-0.25, -0.2) is 0 Å². The largest absolute Gasteiger partial charge is 0.392 e. The van der Waals surface area contributed by atoms with Gasteiger partial charge in [-0.3, -0.25) is 0 Å². The van der Waals surface area contributed by atoms with Crippen molar-refractivity contribution in [3.8, 4) is 23.3 Å². The fraction of sp³-hybridized carbons (Fsp3) is 0. The summed E-state index contributed by atoms with van der Waals surface area (Å²) in [6.45, 7) is 0.584. The van der Waals surface area contributed by atoms with Gasteiger partial charge in [0.25, 0.3) is 6.71 Å². The molecule has 3 rings (SSSR count). The molecule has 3 aliphatic heterocycles. The highest BCUT2D eigenvalue weighted by Crippen LogP contribution is 2.26. The van der Waals surface area contributed by atoms with Gasteiger partial charge in [0.05, 0.1) is 0 Å². The molecule has 3 heterocycles. The van der Waals surface area contributed by atoms with Crippen molar-refractivity contribution in [2.24, 2.45) is 0 Å². The second-order valence-corrected chi connectivity index (χ2v) is 3.11. The standard InChI is InChI=1S/C10H4B2/c1-2-10-4-3-9(1)12(10)8-7-11-5-6-11/h1-4H. The zero-order valence-corrected chi connectivity index (χ0v) is 6.46. The van der Waals surface area contributed by atoms with Gasteiger partial charge in [0, 0.05) is 0 Å². The highest BCUT2D eigenvalue weighted by Gasteiger charge is 2.27. The predicted octanol–water partition coefficient (Wildman–Crippen LogP) is 0.668. The van der Waals surface area contributed by atoms with Gasteiger partial charge in [0.1, 0.15) is 0 Å². The molecule has 0 saturated heterocycles. The average molecular weight is 146 g/mol. The monoisotopic (exact) mass is 146 g/mol. The highest BCUT2D eigenvalue weighted by atomic mass is 14.0. The van der Waals surface area contributed by atoms with Crippen LogP contribution < -0.4 is 0 Å². The molecule has 2 bridgehead atoms. The van der Waals surface area contributed by atoms with Crippen molar-refractivity contribution in [2.45, 2.75) is 0 Å². The summed E-state index contributed by atoms with van der Waals surface area (Å²) in [5.41, 5.74) is 2.66. The van der Waals surface area contributed by atoms with Crippen LogP contribution in [0.25, 0.3) is 0 Å². The Morgan fingerprint density at radius 3 is 2.17 bits per heavy atom. The minimum atomic E-state index is 0.228. The van der Waals surface area contributed by atoms with E-state index in [1.54, 1.807) is 0 Å². The van der Waals surface area contributed by atoms with Crippen molar-refractivity contribution in [1.82, 2.24) is 0 Å². The fourth-order valence-corrected chi connectivity index (χ4v) is 1.52. The van der Waals surface area contributed by atoms with Gasteiger partial charge in [-0.2, -0.15) is 5.82 Å². The first-order chi connectivity index (χ1) is 5.93. The third kappa shape index (κ3) is 0.789. The molecule has 12 heavy (non-hydrogen) atoms. The van der Waals surface area contributed by atoms with E-state index >= 15 is 0 Å². The summed E-state index contributed by atoms with van der Waals surface area (Å²) in [6, 6.07) is 0. The van der Waals surface area contributed by atoms with E-state index in [4.69, 9.17) is 0 Å². The molecular formula is C10H4B2. The normalized spacial score (nSPS) is 19.3. The SMILES string of the molecule is C1#CB1C#CB1C2=CC=C1C=C2. The number of allylic oxidation sites excluding steroid dienone is 6. The van der Waals surface area contributed by atoms with Crippen LogP contribution in [0, 0.1) is 23.3 Å². The summed E-state index contributed by atoms with van der Waals surface area (Å²) >= 11 is 0. The molecule has 0 fully saturated rings. The number of hydrogen-bond donors (Lipinski definition) is 0. The maximum absolute atomic E-state index is 3.23. The molecule has 50 valence electrons. The van der Waals surface area contributed by atoms with Gasteiger partial charge in [0.15, 0.2) is 0 Å². The van der Waals surface area contributed by atoms with Crippen molar-refractivity contribution < 1.29 is 0 Å². The number of hydrogen-bond acceptors (Lipinski definition) is 0. The van der Waals surface area contributed by atoms with E-state index in [1.165, 1.54) is 10.9 Å². The minimum Gasteiger partial charge on any atom is -0.152 e. The van der Waals surface area contributed by atoms with Crippen LogP contribution in [-0.4, -0.2) is 13.4 Å². The second-order valence-electron chi connectivity index (χ2n) is 3.11. The van der Waals surface area contributed by atoms with E-state index < -0.39 is 0 Å². The maximum atomic E-state index is 3.23. The molecule has 0 spiro atoms. The summed E-state index contributed by atoms with van der Waals surface area (Å²) in [4.78, 5) is 0. The molecule has 0 aromatic rings. The smallest absolute Gasteiger partial charge is 0.152 e. The first-order valence-corrected chi connectivity index (χ1v) is 4.05. The lowest BCUT2D eigenvalue weighted by atomic mass is 9.44. The summed E-state index contributed by atoms with van der Waals surface area (Å²) in [7, 11) is 0. The lowest BCUT2D eigenvalue weighted by Gasteiger charge is -1.92. The van der Waals surface area contributed by atoms with Crippen LogP contribution in [-0.2, 0) is 0 Å². The summed E-state index contributed by atoms with van der Waals surface area (Å²) < 4.78 is 0. The molecule has 0 unspecified atom stereocenters. The molecule has 0 aromatic heterocycles. The predicted molar refractivity (Wildman–Crippen MR) is 52.4 cm³/mol. The lowest BCUT2D eigenvalue weighted by molar-refractivity contribution is 1.81. The molecule has 0 radical (unpaired) electrons. The second kappa shape index (κ2) is 1.99. The van der Waals surface area contributed by atoms with E-state index in [-0.39, 0.29) is 6.71 Å². The summed E-state index contributed by atoms with van der Waals surface area (Å²) in [5.74, 6) is 12.2. The van der Waals surface area contributed by atoms with Crippen LogP contribution in [0.15, 0.2) is 35.2 Å². The molecule has 0 atom stereocenters. The van der Waals surface area contributed by atoms with Crippen molar-refractivity contribution in [3.05, 3.63) is 35.2 Å². The van der Waals surface area contributed by atoms with Crippen molar-refractivity contribution in [3.63, 3.8) is 0 Å².